The highest BCUT2D eigenvalue weighted by Crippen LogP contribution is 2.39. The number of rotatable bonds is 2. The minimum Gasteiger partial charge on any atom is -0.542 e. The van der Waals surface area contributed by atoms with Crippen LogP contribution >= 0.6 is 0 Å². The SMILES string of the molecule is CC(C)(C)[Si](C)(C)OC1=C(F)[CH]CC=C1. The standard InChI is InChI=1S/C12H20FOSi/c1-12(2,3)15(4,5)14-11-9-7-6-8-10(11)13/h7-9H,6H2,1-5H3. The molecule has 0 atom stereocenters. The Hall–Kier alpha value is -0.573. The van der Waals surface area contributed by atoms with Gasteiger partial charge in [0, 0.05) is 6.42 Å². The van der Waals surface area contributed by atoms with Gasteiger partial charge in [-0.05, 0) is 30.6 Å². The van der Waals surface area contributed by atoms with Gasteiger partial charge in [0.05, 0.1) is 0 Å². The van der Waals surface area contributed by atoms with Crippen molar-refractivity contribution in [1.82, 2.24) is 0 Å². The zero-order valence-corrected chi connectivity index (χ0v) is 11.2. The predicted molar refractivity (Wildman–Crippen MR) is 64.5 cm³/mol. The van der Waals surface area contributed by atoms with Gasteiger partial charge in [-0.25, -0.2) is 4.39 Å². The van der Waals surface area contributed by atoms with E-state index in [9.17, 15) is 4.39 Å². The first-order chi connectivity index (χ1) is 6.74. The van der Waals surface area contributed by atoms with Crippen LogP contribution in [0.4, 0.5) is 4.39 Å². The predicted octanol–water partition coefficient (Wildman–Crippen LogP) is 4.35. The lowest BCUT2D eigenvalue weighted by molar-refractivity contribution is 0.377. The lowest BCUT2D eigenvalue weighted by atomic mass is 10.1. The first-order valence-electron chi connectivity index (χ1n) is 5.32. The van der Waals surface area contributed by atoms with Gasteiger partial charge in [0.2, 0.25) is 0 Å². The van der Waals surface area contributed by atoms with Crippen LogP contribution in [0.25, 0.3) is 0 Å². The number of allylic oxidation sites excluding steroid dienone is 3. The largest absolute Gasteiger partial charge is 0.542 e. The van der Waals surface area contributed by atoms with Crippen LogP contribution in [0.15, 0.2) is 23.7 Å². The summed E-state index contributed by atoms with van der Waals surface area (Å²) in [4.78, 5) is 0. The highest BCUT2D eigenvalue weighted by molar-refractivity contribution is 6.74. The summed E-state index contributed by atoms with van der Waals surface area (Å²) in [5, 5.41) is 0.103. The van der Waals surface area contributed by atoms with Gasteiger partial charge in [0.1, 0.15) is 11.6 Å². The van der Waals surface area contributed by atoms with E-state index in [4.69, 9.17) is 4.43 Å². The molecule has 0 N–H and O–H groups in total. The molecule has 0 aromatic heterocycles. The Bertz CT molecular complexity index is 297. The summed E-state index contributed by atoms with van der Waals surface area (Å²) in [5.74, 6) is 0.190. The van der Waals surface area contributed by atoms with Crippen LogP contribution in [-0.2, 0) is 4.43 Å². The minimum atomic E-state index is -1.90. The van der Waals surface area contributed by atoms with Crippen LogP contribution < -0.4 is 0 Å². The molecule has 1 nitrogen and oxygen atoms in total. The summed E-state index contributed by atoms with van der Waals surface area (Å²) >= 11 is 0. The summed E-state index contributed by atoms with van der Waals surface area (Å²) in [7, 11) is -1.90. The van der Waals surface area contributed by atoms with Crippen LogP contribution in [0.2, 0.25) is 18.1 Å². The van der Waals surface area contributed by atoms with E-state index < -0.39 is 8.32 Å². The molecule has 85 valence electrons. The second kappa shape index (κ2) is 4.12. The van der Waals surface area contributed by atoms with Gasteiger partial charge in [0.15, 0.2) is 0 Å². The van der Waals surface area contributed by atoms with E-state index in [0.29, 0.717) is 12.2 Å². The number of hydrogen-bond donors (Lipinski definition) is 0. The highest BCUT2D eigenvalue weighted by atomic mass is 28.4. The molecule has 0 heterocycles. The molecule has 0 saturated heterocycles. The lowest BCUT2D eigenvalue weighted by Crippen LogP contribution is -2.40. The van der Waals surface area contributed by atoms with E-state index in [1.807, 2.05) is 6.08 Å². The zero-order valence-electron chi connectivity index (χ0n) is 10.2. The molecule has 1 aliphatic carbocycles. The maximum absolute atomic E-state index is 13.4. The molecule has 0 spiro atoms. The Balaban J connectivity index is 2.82. The van der Waals surface area contributed by atoms with Crippen molar-refractivity contribution < 1.29 is 8.82 Å². The molecule has 0 aliphatic heterocycles. The third kappa shape index (κ3) is 2.94. The average molecular weight is 227 g/mol. The minimum absolute atomic E-state index is 0.103. The maximum atomic E-state index is 13.4. The van der Waals surface area contributed by atoms with Gasteiger partial charge in [-0.3, -0.25) is 0 Å². The lowest BCUT2D eigenvalue weighted by Gasteiger charge is -2.37. The third-order valence-electron chi connectivity index (χ3n) is 3.11. The van der Waals surface area contributed by atoms with Crippen molar-refractivity contribution in [2.24, 2.45) is 0 Å². The van der Waals surface area contributed by atoms with E-state index in [1.165, 1.54) is 0 Å². The van der Waals surface area contributed by atoms with Gasteiger partial charge in [-0.2, -0.15) is 0 Å². The molecule has 1 aliphatic rings. The molecule has 0 unspecified atom stereocenters. The Labute approximate surface area is 93.2 Å². The van der Waals surface area contributed by atoms with E-state index in [0.717, 1.165) is 0 Å². The molecule has 0 amide bonds. The van der Waals surface area contributed by atoms with E-state index in [2.05, 4.69) is 33.9 Å². The number of hydrogen-bond acceptors (Lipinski definition) is 1. The summed E-state index contributed by atoms with van der Waals surface area (Å²) in [5.41, 5.74) is 0. The molecule has 1 rings (SSSR count). The fourth-order valence-electron chi connectivity index (χ4n) is 1.04. The first kappa shape index (κ1) is 12.5. The van der Waals surface area contributed by atoms with Crippen molar-refractivity contribution >= 4 is 8.32 Å². The van der Waals surface area contributed by atoms with Gasteiger partial charge in [-0.1, -0.05) is 26.8 Å². The molecular weight excluding hydrogens is 207 g/mol. The molecule has 0 bridgehead atoms. The summed E-state index contributed by atoms with van der Waals surface area (Å²) in [6, 6.07) is 0. The summed E-state index contributed by atoms with van der Waals surface area (Å²) < 4.78 is 19.3. The van der Waals surface area contributed by atoms with Crippen molar-refractivity contribution in [3.63, 3.8) is 0 Å². The normalized spacial score (nSPS) is 18.3. The quantitative estimate of drug-likeness (QED) is 0.637. The van der Waals surface area contributed by atoms with E-state index >= 15 is 0 Å². The topological polar surface area (TPSA) is 9.23 Å². The summed E-state index contributed by atoms with van der Waals surface area (Å²) in [6.07, 6.45) is 5.89. The Morgan fingerprint density at radius 1 is 1.33 bits per heavy atom. The van der Waals surface area contributed by atoms with Crippen LogP contribution in [0, 0.1) is 6.42 Å². The Morgan fingerprint density at radius 3 is 2.40 bits per heavy atom. The Morgan fingerprint density at radius 2 is 1.93 bits per heavy atom. The van der Waals surface area contributed by atoms with Gasteiger partial charge >= 0.3 is 0 Å². The fourth-order valence-corrected chi connectivity index (χ4v) is 2.06. The van der Waals surface area contributed by atoms with Crippen molar-refractivity contribution in [3.8, 4) is 0 Å². The fraction of sp³-hybridized carbons (Fsp3) is 0.583. The van der Waals surface area contributed by atoms with Crippen molar-refractivity contribution in [2.75, 3.05) is 0 Å². The van der Waals surface area contributed by atoms with Crippen LogP contribution in [0.5, 0.6) is 0 Å². The molecule has 1 radical (unpaired) electrons. The molecule has 15 heavy (non-hydrogen) atoms. The van der Waals surface area contributed by atoms with E-state index in [1.54, 1.807) is 12.5 Å². The third-order valence-corrected chi connectivity index (χ3v) is 7.45. The van der Waals surface area contributed by atoms with Crippen molar-refractivity contribution in [1.29, 1.82) is 0 Å². The van der Waals surface area contributed by atoms with Gasteiger partial charge < -0.3 is 4.43 Å². The maximum Gasteiger partial charge on any atom is 0.250 e. The molecule has 0 fully saturated rings. The van der Waals surface area contributed by atoms with Crippen molar-refractivity contribution in [2.45, 2.75) is 45.3 Å². The van der Waals surface area contributed by atoms with Gasteiger partial charge in [-0.15, -0.1) is 0 Å². The van der Waals surface area contributed by atoms with Crippen LogP contribution in [-0.4, -0.2) is 8.32 Å². The Kier molecular flexibility index (Phi) is 3.43. The zero-order chi connectivity index (χ0) is 11.7. The van der Waals surface area contributed by atoms with Gasteiger partial charge in [0.25, 0.3) is 8.32 Å². The first-order valence-corrected chi connectivity index (χ1v) is 8.23. The monoisotopic (exact) mass is 227 g/mol. The smallest absolute Gasteiger partial charge is 0.250 e. The van der Waals surface area contributed by atoms with Crippen LogP contribution in [0.1, 0.15) is 27.2 Å². The molecule has 0 aromatic rings. The average Bonchev–Trinajstić information content (AvgIpc) is 2.06. The molecule has 0 saturated carbocycles. The molecule has 0 aromatic carbocycles. The molecular formula is C12H20FOSi. The number of halogens is 1. The highest BCUT2D eigenvalue weighted by Gasteiger charge is 2.39. The van der Waals surface area contributed by atoms with Crippen LogP contribution in [0.3, 0.4) is 0 Å². The molecule has 3 heteroatoms. The summed E-state index contributed by atoms with van der Waals surface area (Å²) in [6.45, 7) is 10.7. The second-order valence-corrected chi connectivity index (χ2v) is 10.1. The van der Waals surface area contributed by atoms with E-state index in [-0.39, 0.29) is 10.9 Å². The second-order valence-electron chi connectivity index (χ2n) is 5.42. The van der Waals surface area contributed by atoms with Crippen molar-refractivity contribution in [3.05, 3.63) is 30.2 Å².